The summed E-state index contributed by atoms with van der Waals surface area (Å²) in [5.41, 5.74) is 1.74. The molecule has 2 aromatic heterocycles. The number of H-pyrrole nitrogens is 1. The molecule has 0 spiro atoms. The SMILES string of the molecule is CCCCOc1nc(N(CC)CC)sc1C1C(O)C(c2c(CCC)[nH]n(-c3ccccc3)c2=O)C1O. The third-order valence-electron chi connectivity index (χ3n) is 7.01. The molecule has 0 radical (unpaired) electrons. The van der Waals surface area contributed by atoms with Crippen molar-refractivity contribution in [2.75, 3.05) is 24.6 Å². The largest absolute Gasteiger partial charge is 0.477 e. The maximum Gasteiger partial charge on any atom is 0.275 e. The number of unbranched alkanes of at least 4 members (excludes halogenated alkanes) is 1. The maximum atomic E-state index is 13.5. The second-order valence-electron chi connectivity index (χ2n) is 9.30. The number of hydrogen-bond donors (Lipinski definition) is 3. The highest BCUT2D eigenvalue weighted by Crippen LogP contribution is 2.52. The topological polar surface area (TPSA) is 104 Å². The van der Waals surface area contributed by atoms with Crippen LogP contribution in [0.3, 0.4) is 0 Å². The lowest BCUT2D eigenvalue weighted by Crippen LogP contribution is -2.53. The number of hydrogen-bond acceptors (Lipinski definition) is 7. The number of nitrogens with zero attached hydrogens (tertiary/aromatic N) is 3. The summed E-state index contributed by atoms with van der Waals surface area (Å²) in [7, 11) is 0. The highest BCUT2D eigenvalue weighted by atomic mass is 32.1. The fourth-order valence-corrected chi connectivity index (χ4v) is 6.28. The van der Waals surface area contributed by atoms with Crippen LogP contribution in [-0.2, 0) is 6.42 Å². The van der Waals surface area contributed by atoms with Gasteiger partial charge in [-0.2, -0.15) is 4.98 Å². The molecule has 2 unspecified atom stereocenters. The average Bonchev–Trinajstić information content (AvgIpc) is 3.42. The third-order valence-corrected chi connectivity index (χ3v) is 8.21. The van der Waals surface area contributed by atoms with Crippen LogP contribution in [0.2, 0.25) is 0 Å². The number of nitrogens with one attached hydrogen (secondary N) is 1. The Morgan fingerprint density at radius 3 is 2.36 bits per heavy atom. The van der Waals surface area contributed by atoms with Crippen molar-refractivity contribution < 1.29 is 14.9 Å². The third kappa shape index (κ3) is 4.84. The molecule has 1 saturated carbocycles. The van der Waals surface area contributed by atoms with Gasteiger partial charge in [-0.3, -0.25) is 9.89 Å². The lowest BCUT2D eigenvalue weighted by atomic mass is 9.65. The lowest BCUT2D eigenvalue weighted by Gasteiger charge is -2.45. The van der Waals surface area contributed by atoms with Crippen molar-refractivity contribution in [3.05, 3.63) is 56.8 Å². The van der Waals surface area contributed by atoms with E-state index in [1.165, 1.54) is 16.0 Å². The van der Waals surface area contributed by atoms with Crippen molar-refractivity contribution in [2.45, 2.75) is 77.4 Å². The molecule has 36 heavy (non-hydrogen) atoms. The van der Waals surface area contributed by atoms with Gasteiger partial charge in [0.25, 0.3) is 5.56 Å². The quantitative estimate of drug-likeness (QED) is 0.313. The summed E-state index contributed by atoms with van der Waals surface area (Å²) in [5, 5.41) is 26.8. The van der Waals surface area contributed by atoms with Gasteiger partial charge in [-0.15, -0.1) is 0 Å². The van der Waals surface area contributed by atoms with Crippen LogP contribution >= 0.6 is 11.3 Å². The van der Waals surface area contributed by atoms with E-state index in [1.807, 2.05) is 37.3 Å². The Bertz CT molecular complexity index is 1170. The number of para-hydroxylation sites is 1. The van der Waals surface area contributed by atoms with Crippen molar-refractivity contribution in [3.63, 3.8) is 0 Å². The minimum Gasteiger partial charge on any atom is -0.477 e. The average molecular weight is 515 g/mol. The van der Waals surface area contributed by atoms with E-state index in [0.29, 0.717) is 24.5 Å². The Kier molecular flexibility index (Phi) is 8.54. The van der Waals surface area contributed by atoms with E-state index in [2.05, 4.69) is 30.8 Å². The fourth-order valence-electron chi connectivity index (χ4n) is 4.96. The summed E-state index contributed by atoms with van der Waals surface area (Å²) in [6.45, 7) is 10.4. The number of aromatic nitrogens is 3. The predicted molar refractivity (Wildman–Crippen MR) is 144 cm³/mol. The Morgan fingerprint density at radius 2 is 1.75 bits per heavy atom. The molecule has 9 heteroatoms. The number of ether oxygens (including phenoxy) is 1. The number of aromatic amines is 1. The number of aliphatic hydroxyl groups is 2. The van der Waals surface area contributed by atoms with Crippen molar-refractivity contribution in [3.8, 4) is 11.6 Å². The van der Waals surface area contributed by atoms with Crippen molar-refractivity contribution in [2.24, 2.45) is 0 Å². The summed E-state index contributed by atoms with van der Waals surface area (Å²) in [4.78, 5) is 21.1. The predicted octanol–water partition coefficient (Wildman–Crippen LogP) is 4.20. The molecule has 1 fully saturated rings. The molecule has 3 N–H and O–H groups in total. The number of rotatable bonds is 12. The molecule has 196 valence electrons. The molecule has 0 aliphatic heterocycles. The molecule has 8 nitrogen and oxygen atoms in total. The van der Waals surface area contributed by atoms with Gasteiger partial charge >= 0.3 is 0 Å². The molecular weight excluding hydrogens is 476 g/mol. The molecule has 4 rings (SSSR count). The first-order chi connectivity index (χ1) is 17.5. The van der Waals surface area contributed by atoms with E-state index in [-0.39, 0.29) is 5.56 Å². The summed E-state index contributed by atoms with van der Waals surface area (Å²) in [5.74, 6) is -0.739. The normalized spacial score (nSPS) is 21.4. The molecule has 3 aromatic rings. The zero-order valence-corrected chi connectivity index (χ0v) is 22.4. The van der Waals surface area contributed by atoms with Crippen molar-refractivity contribution >= 4 is 16.5 Å². The molecular formula is C27H38N4O4S. The van der Waals surface area contributed by atoms with E-state index in [9.17, 15) is 15.0 Å². The van der Waals surface area contributed by atoms with Crippen LogP contribution in [0.25, 0.3) is 5.69 Å². The van der Waals surface area contributed by atoms with Gasteiger partial charge in [0.2, 0.25) is 5.88 Å². The van der Waals surface area contributed by atoms with Gasteiger partial charge in [-0.1, -0.05) is 56.2 Å². The van der Waals surface area contributed by atoms with E-state index < -0.39 is 24.0 Å². The monoisotopic (exact) mass is 514 g/mol. The van der Waals surface area contributed by atoms with Gasteiger partial charge in [0.1, 0.15) is 0 Å². The second kappa shape index (κ2) is 11.6. The van der Waals surface area contributed by atoms with Crippen LogP contribution in [0.4, 0.5) is 5.13 Å². The molecule has 0 bridgehead atoms. The molecule has 0 saturated heterocycles. The number of benzene rings is 1. The summed E-state index contributed by atoms with van der Waals surface area (Å²) >= 11 is 1.46. The van der Waals surface area contributed by atoms with Crippen LogP contribution in [0, 0.1) is 0 Å². The first-order valence-electron chi connectivity index (χ1n) is 13.1. The highest BCUT2D eigenvalue weighted by molar-refractivity contribution is 7.16. The van der Waals surface area contributed by atoms with Crippen molar-refractivity contribution in [1.29, 1.82) is 0 Å². The molecule has 1 aromatic carbocycles. The standard InChI is InChI=1S/C27H38N4O4S/c1-5-9-16-35-25-24(36-27(28-25)30(7-3)8-4)21-22(32)20(23(21)33)19-18(13-6-2)29-31(26(19)34)17-14-11-10-12-15-17/h10-12,14-15,20-23,29,32-33H,5-9,13,16H2,1-4H3. The smallest absolute Gasteiger partial charge is 0.275 e. The number of aryl methyl sites for hydroxylation is 1. The van der Waals surface area contributed by atoms with E-state index in [1.54, 1.807) is 0 Å². The van der Waals surface area contributed by atoms with Gasteiger partial charge in [0.15, 0.2) is 5.13 Å². The van der Waals surface area contributed by atoms with Gasteiger partial charge in [-0.05, 0) is 38.8 Å². The zero-order chi connectivity index (χ0) is 25.8. The Hall–Kier alpha value is -2.62. The molecule has 0 amide bonds. The Morgan fingerprint density at radius 1 is 1.06 bits per heavy atom. The van der Waals surface area contributed by atoms with Crippen LogP contribution in [0.5, 0.6) is 5.88 Å². The molecule has 1 aliphatic rings. The van der Waals surface area contributed by atoms with Crippen LogP contribution in [-0.4, -0.2) is 56.9 Å². The van der Waals surface area contributed by atoms with Gasteiger partial charge < -0.3 is 19.8 Å². The number of thiazole rings is 1. The summed E-state index contributed by atoms with van der Waals surface area (Å²) < 4.78 is 7.53. The number of anilines is 1. The summed E-state index contributed by atoms with van der Waals surface area (Å²) in [6, 6.07) is 9.38. The van der Waals surface area contributed by atoms with Gasteiger partial charge in [-0.25, -0.2) is 4.68 Å². The molecule has 2 atom stereocenters. The Labute approximate surface area is 216 Å². The van der Waals surface area contributed by atoms with Crippen LogP contribution in [0.15, 0.2) is 35.1 Å². The first-order valence-corrected chi connectivity index (χ1v) is 13.9. The van der Waals surface area contributed by atoms with E-state index in [0.717, 1.165) is 53.7 Å². The van der Waals surface area contributed by atoms with E-state index in [4.69, 9.17) is 9.72 Å². The van der Waals surface area contributed by atoms with Gasteiger partial charge in [0.05, 0.1) is 35.3 Å². The van der Waals surface area contributed by atoms with Crippen LogP contribution in [0.1, 0.15) is 74.9 Å². The maximum absolute atomic E-state index is 13.5. The first kappa shape index (κ1) is 26.4. The van der Waals surface area contributed by atoms with Crippen molar-refractivity contribution in [1.82, 2.24) is 14.8 Å². The summed E-state index contributed by atoms with van der Waals surface area (Å²) in [6.07, 6.45) is 1.56. The minimum absolute atomic E-state index is 0.223. The minimum atomic E-state index is -0.915. The number of aliphatic hydroxyl groups excluding tert-OH is 2. The Balaban J connectivity index is 1.68. The van der Waals surface area contributed by atoms with Crippen LogP contribution < -0.4 is 15.2 Å². The highest BCUT2D eigenvalue weighted by Gasteiger charge is 2.54. The molecule has 2 heterocycles. The second-order valence-corrected chi connectivity index (χ2v) is 10.3. The van der Waals surface area contributed by atoms with Gasteiger partial charge in [0, 0.05) is 30.3 Å². The lowest BCUT2D eigenvalue weighted by molar-refractivity contribution is -0.0786. The molecule has 1 aliphatic carbocycles. The fraction of sp³-hybridized carbons (Fsp3) is 0.556. The van der Waals surface area contributed by atoms with E-state index >= 15 is 0 Å². The zero-order valence-electron chi connectivity index (χ0n) is 21.6.